The molecule has 1 atom stereocenters. The van der Waals surface area contributed by atoms with Gasteiger partial charge in [0.15, 0.2) is 5.69 Å². The molecule has 4 rings (SSSR count). The Labute approximate surface area is 146 Å². The van der Waals surface area contributed by atoms with E-state index in [0.717, 1.165) is 12.8 Å². The molecular weight excluding hydrogens is 324 g/mol. The number of likely N-dealkylation sites (N-methyl/N-ethyl adjacent to an activating group) is 1. The van der Waals surface area contributed by atoms with Crippen molar-refractivity contribution in [3.05, 3.63) is 17.5 Å². The molecule has 0 bridgehead atoms. The summed E-state index contributed by atoms with van der Waals surface area (Å²) in [6.45, 7) is 7.50. The SMILES string of the molecule is CCN1C(=O)[C@H]2CN(C(=O)c3cc(C)on3)CCN2C12CCOCC2. The van der Waals surface area contributed by atoms with Crippen LogP contribution in [0.15, 0.2) is 10.6 Å². The van der Waals surface area contributed by atoms with Crippen LogP contribution in [0.25, 0.3) is 0 Å². The maximum Gasteiger partial charge on any atom is 0.276 e. The summed E-state index contributed by atoms with van der Waals surface area (Å²) in [5.41, 5.74) is 0.0680. The van der Waals surface area contributed by atoms with E-state index in [1.54, 1.807) is 17.9 Å². The molecule has 0 saturated carbocycles. The van der Waals surface area contributed by atoms with Gasteiger partial charge in [-0.2, -0.15) is 0 Å². The summed E-state index contributed by atoms with van der Waals surface area (Å²) in [6, 6.07) is 1.37. The molecule has 136 valence electrons. The van der Waals surface area contributed by atoms with Crippen molar-refractivity contribution in [2.75, 3.05) is 39.4 Å². The fourth-order valence-electron chi connectivity index (χ4n) is 4.55. The molecule has 25 heavy (non-hydrogen) atoms. The van der Waals surface area contributed by atoms with E-state index in [4.69, 9.17) is 9.26 Å². The molecule has 1 aromatic heterocycles. The zero-order valence-electron chi connectivity index (χ0n) is 14.7. The van der Waals surface area contributed by atoms with E-state index in [1.807, 2.05) is 11.8 Å². The number of rotatable bonds is 2. The first-order chi connectivity index (χ1) is 12.1. The summed E-state index contributed by atoms with van der Waals surface area (Å²) in [6.07, 6.45) is 1.67. The van der Waals surface area contributed by atoms with Crippen LogP contribution >= 0.6 is 0 Å². The van der Waals surface area contributed by atoms with Crippen molar-refractivity contribution in [3.63, 3.8) is 0 Å². The molecule has 3 aliphatic rings. The molecule has 0 radical (unpaired) electrons. The summed E-state index contributed by atoms with van der Waals surface area (Å²) in [5, 5.41) is 3.82. The van der Waals surface area contributed by atoms with E-state index in [2.05, 4.69) is 10.1 Å². The molecule has 8 nitrogen and oxygen atoms in total. The van der Waals surface area contributed by atoms with Gasteiger partial charge in [-0.15, -0.1) is 0 Å². The normalized spacial score (nSPS) is 26.3. The van der Waals surface area contributed by atoms with Crippen LogP contribution in [0.5, 0.6) is 0 Å². The number of fused-ring (bicyclic) bond motifs is 2. The van der Waals surface area contributed by atoms with Crippen molar-refractivity contribution in [2.45, 2.75) is 38.4 Å². The quantitative estimate of drug-likeness (QED) is 0.773. The molecule has 2 amide bonds. The van der Waals surface area contributed by atoms with Crippen LogP contribution in [0.2, 0.25) is 0 Å². The van der Waals surface area contributed by atoms with Gasteiger partial charge in [-0.05, 0) is 13.8 Å². The molecule has 1 spiro atoms. The monoisotopic (exact) mass is 348 g/mol. The van der Waals surface area contributed by atoms with Gasteiger partial charge in [0.25, 0.3) is 5.91 Å². The van der Waals surface area contributed by atoms with Crippen LogP contribution in [0.3, 0.4) is 0 Å². The number of ether oxygens (including phenoxy) is 1. The minimum Gasteiger partial charge on any atom is -0.381 e. The molecule has 4 heterocycles. The Morgan fingerprint density at radius 2 is 2.12 bits per heavy atom. The number of aryl methyl sites for hydroxylation is 1. The van der Waals surface area contributed by atoms with Crippen molar-refractivity contribution in [2.24, 2.45) is 0 Å². The molecular formula is C17H24N4O4. The average molecular weight is 348 g/mol. The van der Waals surface area contributed by atoms with E-state index >= 15 is 0 Å². The van der Waals surface area contributed by atoms with E-state index < -0.39 is 0 Å². The molecule has 0 unspecified atom stereocenters. The number of piperazine rings is 1. The number of nitrogens with zero attached hydrogens (tertiary/aromatic N) is 4. The third kappa shape index (κ3) is 2.46. The summed E-state index contributed by atoms with van der Waals surface area (Å²) < 4.78 is 10.5. The standard InChI is InChI=1S/C17H24N4O4/c1-3-20-16(23)14-11-19(15(22)13-10-12(2)25-18-13)6-7-21(14)17(20)4-8-24-9-5-17/h10,14H,3-9,11H2,1-2H3/t14-/m1/s1. The first-order valence-corrected chi connectivity index (χ1v) is 8.95. The highest BCUT2D eigenvalue weighted by Gasteiger charge is 2.58. The molecule has 3 saturated heterocycles. The summed E-state index contributed by atoms with van der Waals surface area (Å²) in [4.78, 5) is 31.7. The number of carbonyl (C=O) groups is 2. The largest absolute Gasteiger partial charge is 0.381 e. The van der Waals surface area contributed by atoms with Crippen molar-refractivity contribution in [3.8, 4) is 0 Å². The molecule has 3 fully saturated rings. The van der Waals surface area contributed by atoms with Gasteiger partial charge in [0.2, 0.25) is 5.91 Å². The first-order valence-electron chi connectivity index (χ1n) is 8.95. The molecule has 0 N–H and O–H groups in total. The predicted molar refractivity (Wildman–Crippen MR) is 87.8 cm³/mol. The highest BCUT2D eigenvalue weighted by Crippen LogP contribution is 2.41. The minimum atomic E-state index is -0.274. The summed E-state index contributed by atoms with van der Waals surface area (Å²) in [5.74, 6) is 0.566. The number of hydrogen-bond acceptors (Lipinski definition) is 6. The summed E-state index contributed by atoms with van der Waals surface area (Å²) in [7, 11) is 0. The van der Waals surface area contributed by atoms with Gasteiger partial charge in [-0.25, -0.2) is 0 Å². The zero-order valence-corrected chi connectivity index (χ0v) is 14.7. The number of carbonyl (C=O) groups excluding carboxylic acids is 2. The average Bonchev–Trinajstić information content (AvgIpc) is 3.16. The van der Waals surface area contributed by atoms with Crippen LogP contribution in [0.1, 0.15) is 36.0 Å². The van der Waals surface area contributed by atoms with Gasteiger partial charge in [0.05, 0.1) is 13.2 Å². The van der Waals surface area contributed by atoms with Crippen LogP contribution in [0.4, 0.5) is 0 Å². The van der Waals surface area contributed by atoms with Gasteiger partial charge >= 0.3 is 0 Å². The van der Waals surface area contributed by atoms with Crippen molar-refractivity contribution in [1.29, 1.82) is 0 Å². The Hall–Kier alpha value is -1.93. The number of aromatic nitrogens is 1. The second-order valence-corrected chi connectivity index (χ2v) is 6.96. The minimum absolute atomic E-state index is 0.123. The third-order valence-corrected chi connectivity index (χ3v) is 5.71. The molecule has 1 aromatic rings. The summed E-state index contributed by atoms with van der Waals surface area (Å²) >= 11 is 0. The highest BCUT2D eigenvalue weighted by atomic mass is 16.5. The van der Waals surface area contributed by atoms with Gasteiger partial charge < -0.3 is 19.1 Å². The Bertz CT molecular complexity index is 682. The van der Waals surface area contributed by atoms with Crippen LogP contribution in [-0.2, 0) is 9.53 Å². The van der Waals surface area contributed by atoms with Crippen molar-refractivity contribution < 1.29 is 18.8 Å². The first kappa shape index (κ1) is 16.5. The lowest BCUT2D eigenvalue weighted by Gasteiger charge is -2.48. The van der Waals surface area contributed by atoms with Gasteiger partial charge in [0, 0.05) is 45.1 Å². The van der Waals surface area contributed by atoms with E-state index in [-0.39, 0.29) is 23.5 Å². The lowest BCUT2D eigenvalue weighted by Crippen LogP contribution is -2.62. The lowest BCUT2D eigenvalue weighted by molar-refractivity contribution is -0.135. The Morgan fingerprint density at radius 3 is 2.76 bits per heavy atom. The van der Waals surface area contributed by atoms with Crippen molar-refractivity contribution in [1.82, 2.24) is 19.9 Å². The van der Waals surface area contributed by atoms with Crippen LogP contribution < -0.4 is 0 Å². The zero-order chi connectivity index (χ0) is 17.6. The highest BCUT2D eigenvalue weighted by molar-refractivity contribution is 5.93. The second-order valence-electron chi connectivity index (χ2n) is 6.96. The molecule has 0 aromatic carbocycles. The maximum absolute atomic E-state index is 13.0. The Balaban J connectivity index is 1.57. The van der Waals surface area contributed by atoms with E-state index in [1.165, 1.54) is 0 Å². The lowest BCUT2D eigenvalue weighted by atomic mass is 9.96. The van der Waals surface area contributed by atoms with Crippen LogP contribution in [-0.4, -0.2) is 82.8 Å². The van der Waals surface area contributed by atoms with Gasteiger partial charge in [-0.1, -0.05) is 5.16 Å². The topological polar surface area (TPSA) is 79.1 Å². The second kappa shape index (κ2) is 6.10. The van der Waals surface area contributed by atoms with Crippen molar-refractivity contribution >= 4 is 11.8 Å². The van der Waals surface area contributed by atoms with Crippen LogP contribution in [0, 0.1) is 6.92 Å². The molecule has 3 aliphatic heterocycles. The predicted octanol–water partition coefficient (Wildman–Crippen LogP) is 0.478. The van der Waals surface area contributed by atoms with E-state index in [9.17, 15) is 9.59 Å². The fourth-order valence-corrected chi connectivity index (χ4v) is 4.55. The smallest absolute Gasteiger partial charge is 0.276 e. The third-order valence-electron chi connectivity index (χ3n) is 5.71. The van der Waals surface area contributed by atoms with E-state index in [0.29, 0.717) is 50.8 Å². The van der Waals surface area contributed by atoms with Gasteiger partial charge in [0.1, 0.15) is 17.5 Å². The molecule has 0 aliphatic carbocycles. The number of amides is 2. The Kier molecular flexibility index (Phi) is 4.04. The maximum atomic E-state index is 13.0. The Morgan fingerprint density at radius 1 is 1.36 bits per heavy atom. The number of hydrogen-bond donors (Lipinski definition) is 0. The molecule has 8 heteroatoms. The fraction of sp³-hybridized carbons (Fsp3) is 0.706. The van der Waals surface area contributed by atoms with Gasteiger partial charge in [-0.3, -0.25) is 14.5 Å².